The van der Waals surface area contributed by atoms with Gasteiger partial charge in [0.1, 0.15) is 0 Å². The van der Waals surface area contributed by atoms with Crippen molar-refractivity contribution in [1.29, 1.82) is 0 Å². The number of aliphatic hydroxyl groups is 3. The van der Waals surface area contributed by atoms with Crippen molar-refractivity contribution in [3.05, 3.63) is 37.0 Å². The van der Waals surface area contributed by atoms with Crippen molar-refractivity contribution < 1.29 is 25.2 Å². The summed E-state index contributed by atoms with van der Waals surface area (Å²) >= 11 is 0. The molecule has 0 radical (unpaired) electrons. The van der Waals surface area contributed by atoms with E-state index in [-0.39, 0.29) is 18.4 Å². The van der Waals surface area contributed by atoms with Crippen LogP contribution in [0.4, 0.5) is 0 Å². The van der Waals surface area contributed by atoms with Gasteiger partial charge in [0.2, 0.25) is 0 Å². The van der Waals surface area contributed by atoms with Crippen LogP contribution >= 0.6 is 0 Å². The van der Waals surface area contributed by atoms with E-state index in [0.29, 0.717) is 25.2 Å². The Hall–Kier alpha value is -1.43. The fourth-order valence-electron chi connectivity index (χ4n) is 3.85. The Labute approximate surface area is 169 Å². The van der Waals surface area contributed by atoms with Crippen molar-refractivity contribution in [2.24, 2.45) is 11.8 Å². The molecule has 0 bridgehead atoms. The van der Waals surface area contributed by atoms with Gasteiger partial charge in [-0.25, -0.2) is 0 Å². The molecule has 1 aliphatic carbocycles. The second-order valence-electron chi connectivity index (χ2n) is 8.07. The van der Waals surface area contributed by atoms with Crippen LogP contribution in [0.15, 0.2) is 37.0 Å². The SMILES string of the molecule is C=CC(O)(CC=C[C@@H]1[C@@H](CC=CCC(O)CC(=O)O)CC[C@H]1O)CCCCC. The fourth-order valence-corrected chi connectivity index (χ4v) is 3.85. The lowest BCUT2D eigenvalue weighted by Gasteiger charge is -2.23. The zero-order valence-corrected chi connectivity index (χ0v) is 17.2. The summed E-state index contributed by atoms with van der Waals surface area (Å²) in [6.45, 7) is 5.91. The van der Waals surface area contributed by atoms with E-state index in [0.717, 1.165) is 38.5 Å². The van der Waals surface area contributed by atoms with Gasteiger partial charge in [0.15, 0.2) is 0 Å². The number of carboxylic acids is 1. The Morgan fingerprint density at radius 2 is 2.00 bits per heavy atom. The van der Waals surface area contributed by atoms with Gasteiger partial charge < -0.3 is 20.4 Å². The first-order valence-corrected chi connectivity index (χ1v) is 10.6. The maximum Gasteiger partial charge on any atom is 0.305 e. The molecule has 0 amide bonds. The monoisotopic (exact) mass is 394 g/mol. The number of rotatable bonds is 14. The lowest BCUT2D eigenvalue weighted by molar-refractivity contribution is -0.139. The van der Waals surface area contributed by atoms with E-state index in [4.69, 9.17) is 5.11 Å². The fraction of sp³-hybridized carbons (Fsp3) is 0.696. The van der Waals surface area contributed by atoms with Crippen molar-refractivity contribution in [3.8, 4) is 0 Å². The molecule has 5 heteroatoms. The highest BCUT2D eigenvalue weighted by Gasteiger charge is 2.32. The summed E-state index contributed by atoms with van der Waals surface area (Å²) in [6.07, 6.45) is 15.1. The smallest absolute Gasteiger partial charge is 0.305 e. The molecule has 0 aromatic carbocycles. The minimum absolute atomic E-state index is 0.0540. The molecule has 5 nitrogen and oxygen atoms in total. The van der Waals surface area contributed by atoms with Crippen molar-refractivity contribution in [3.63, 3.8) is 0 Å². The third-order valence-electron chi connectivity index (χ3n) is 5.67. The van der Waals surface area contributed by atoms with Gasteiger partial charge in [-0.15, -0.1) is 6.58 Å². The van der Waals surface area contributed by atoms with E-state index >= 15 is 0 Å². The average Bonchev–Trinajstić information content (AvgIpc) is 2.98. The summed E-state index contributed by atoms with van der Waals surface area (Å²) < 4.78 is 0. The standard InChI is InChI=1S/C23H38O5/c1-3-5-8-15-23(28,4-2)16-9-12-20-18(13-14-21(20)25)10-6-7-11-19(24)17-22(26)27/h4,6-7,9,12,18-21,24-25,28H,2-3,5,8,10-11,13-17H2,1H3,(H,26,27)/t18-,19?,20+,21+,23?/m0/s1. The summed E-state index contributed by atoms with van der Waals surface area (Å²) in [4.78, 5) is 10.6. The first-order chi connectivity index (χ1) is 13.3. The van der Waals surface area contributed by atoms with Crippen molar-refractivity contribution in [2.45, 2.75) is 88.9 Å². The molecule has 0 aromatic rings. The van der Waals surface area contributed by atoms with Crippen molar-refractivity contribution >= 4 is 5.97 Å². The van der Waals surface area contributed by atoms with Gasteiger partial charge in [-0.05, 0) is 44.4 Å². The van der Waals surface area contributed by atoms with E-state index in [9.17, 15) is 20.1 Å². The van der Waals surface area contributed by atoms with Crippen LogP contribution in [0.3, 0.4) is 0 Å². The molecular formula is C23H38O5. The maximum atomic E-state index is 10.6. The Morgan fingerprint density at radius 1 is 1.25 bits per heavy atom. The predicted octanol–water partition coefficient (Wildman–Crippen LogP) is 3.99. The zero-order valence-electron chi connectivity index (χ0n) is 17.2. The second-order valence-corrected chi connectivity index (χ2v) is 8.07. The summed E-state index contributed by atoms with van der Waals surface area (Å²) in [5, 5.41) is 39.2. The Morgan fingerprint density at radius 3 is 2.64 bits per heavy atom. The average molecular weight is 395 g/mol. The van der Waals surface area contributed by atoms with Gasteiger partial charge in [0.05, 0.1) is 24.2 Å². The van der Waals surface area contributed by atoms with E-state index in [1.165, 1.54) is 0 Å². The normalized spacial score (nSPS) is 25.9. The van der Waals surface area contributed by atoms with Gasteiger partial charge in [-0.1, -0.05) is 56.6 Å². The van der Waals surface area contributed by atoms with Crippen LogP contribution in [0.1, 0.15) is 71.1 Å². The first kappa shape index (κ1) is 24.6. The maximum absolute atomic E-state index is 10.6. The van der Waals surface area contributed by atoms with Gasteiger partial charge in [0.25, 0.3) is 0 Å². The minimum atomic E-state index is -1.00. The number of carboxylic acid groups (broad SMARTS) is 1. The summed E-state index contributed by atoms with van der Waals surface area (Å²) in [7, 11) is 0. The van der Waals surface area contributed by atoms with E-state index in [2.05, 4.69) is 13.5 Å². The molecule has 5 atom stereocenters. The van der Waals surface area contributed by atoms with Crippen LogP contribution in [0.2, 0.25) is 0 Å². The van der Waals surface area contributed by atoms with Crippen LogP contribution < -0.4 is 0 Å². The molecule has 160 valence electrons. The molecule has 0 aromatic heterocycles. The van der Waals surface area contributed by atoms with Crippen LogP contribution in [-0.2, 0) is 4.79 Å². The van der Waals surface area contributed by atoms with Crippen molar-refractivity contribution in [2.75, 3.05) is 0 Å². The molecule has 1 rings (SSSR count). The van der Waals surface area contributed by atoms with Crippen LogP contribution in [0.25, 0.3) is 0 Å². The third kappa shape index (κ3) is 9.18. The molecule has 1 fully saturated rings. The molecule has 4 N–H and O–H groups in total. The van der Waals surface area contributed by atoms with Gasteiger partial charge in [-0.3, -0.25) is 4.79 Å². The van der Waals surface area contributed by atoms with Gasteiger partial charge in [-0.2, -0.15) is 0 Å². The van der Waals surface area contributed by atoms with Gasteiger partial charge in [0, 0.05) is 5.92 Å². The van der Waals surface area contributed by atoms with Gasteiger partial charge >= 0.3 is 5.97 Å². The summed E-state index contributed by atoms with van der Waals surface area (Å²) in [5.74, 6) is -0.631. The number of aliphatic carboxylic acids is 1. The minimum Gasteiger partial charge on any atom is -0.481 e. The van der Waals surface area contributed by atoms with E-state index in [1.54, 1.807) is 6.08 Å². The predicted molar refractivity (Wildman–Crippen MR) is 112 cm³/mol. The molecule has 1 aliphatic rings. The summed E-state index contributed by atoms with van der Waals surface area (Å²) in [5.41, 5.74) is -0.884. The van der Waals surface area contributed by atoms with Crippen LogP contribution in [0, 0.1) is 11.8 Å². The Kier molecular flexibility index (Phi) is 11.4. The molecule has 28 heavy (non-hydrogen) atoms. The Bertz CT molecular complexity index is 527. The summed E-state index contributed by atoms with van der Waals surface area (Å²) in [6, 6.07) is 0. The number of aliphatic hydroxyl groups excluding tert-OH is 2. The number of allylic oxidation sites excluding steroid dienone is 1. The second kappa shape index (κ2) is 12.9. The molecule has 2 unspecified atom stereocenters. The highest BCUT2D eigenvalue weighted by Crippen LogP contribution is 2.36. The van der Waals surface area contributed by atoms with E-state index < -0.39 is 17.7 Å². The lowest BCUT2D eigenvalue weighted by atomic mass is 9.88. The number of carbonyl (C=O) groups is 1. The zero-order chi connectivity index (χ0) is 21.0. The number of hydrogen-bond donors (Lipinski definition) is 4. The highest BCUT2D eigenvalue weighted by atomic mass is 16.4. The quantitative estimate of drug-likeness (QED) is 0.264. The van der Waals surface area contributed by atoms with Crippen molar-refractivity contribution in [1.82, 2.24) is 0 Å². The number of unbranched alkanes of at least 4 members (excludes halogenated alkanes) is 2. The van der Waals surface area contributed by atoms with E-state index in [1.807, 2.05) is 24.3 Å². The molecule has 0 aliphatic heterocycles. The van der Waals surface area contributed by atoms with Crippen LogP contribution in [-0.4, -0.2) is 44.2 Å². The first-order valence-electron chi connectivity index (χ1n) is 10.6. The molecule has 0 saturated heterocycles. The topological polar surface area (TPSA) is 98.0 Å². The Balaban J connectivity index is 2.51. The molecule has 0 spiro atoms. The largest absolute Gasteiger partial charge is 0.481 e. The molecule has 0 heterocycles. The molecule has 1 saturated carbocycles. The lowest BCUT2D eigenvalue weighted by Crippen LogP contribution is -2.25. The highest BCUT2D eigenvalue weighted by molar-refractivity contribution is 5.67. The molecular weight excluding hydrogens is 356 g/mol. The number of hydrogen-bond acceptors (Lipinski definition) is 4. The third-order valence-corrected chi connectivity index (χ3v) is 5.67. The van der Waals surface area contributed by atoms with Crippen LogP contribution in [0.5, 0.6) is 0 Å².